The van der Waals surface area contributed by atoms with E-state index in [9.17, 15) is 0 Å². The van der Waals surface area contributed by atoms with Crippen LogP contribution >= 0.6 is 0 Å². The number of hydrogen-bond acceptors (Lipinski definition) is 1. The van der Waals surface area contributed by atoms with Crippen LogP contribution in [0, 0.1) is 11.8 Å². The van der Waals surface area contributed by atoms with Gasteiger partial charge < -0.3 is 5.73 Å². The monoisotopic (exact) mass is 199 g/mol. The summed E-state index contributed by atoms with van der Waals surface area (Å²) in [5, 5.41) is 0. The van der Waals surface area contributed by atoms with E-state index in [2.05, 4.69) is 27.7 Å². The molecule has 0 aliphatic carbocycles. The summed E-state index contributed by atoms with van der Waals surface area (Å²) in [6.07, 6.45) is 7.70. The van der Waals surface area contributed by atoms with E-state index in [1.165, 1.54) is 38.5 Å². The van der Waals surface area contributed by atoms with Gasteiger partial charge in [0.25, 0.3) is 0 Å². The first-order chi connectivity index (χ1) is 6.65. The number of nitrogens with two attached hydrogens (primary N) is 1. The molecule has 0 bridgehead atoms. The maximum absolute atomic E-state index is 6.16. The Morgan fingerprint density at radius 1 is 0.929 bits per heavy atom. The minimum Gasteiger partial charge on any atom is -0.327 e. The molecule has 0 saturated carbocycles. The van der Waals surface area contributed by atoms with Gasteiger partial charge in [-0.25, -0.2) is 0 Å². The van der Waals surface area contributed by atoms with Crippen molar-refractivity contribution in [2.24, 2.45) is 17.6 Å². The zero-order valence-electron chi connectivity index (χ0n) is 10.6. The van der Waals surface area contributed by atoms with E-state index in [4.69, 9.17) is 5.73 Å². The van der Waals surface area contributed by atoms with Gasteiger partial charge in [0, 0.05) is 6.04 Å². The predicted molar refractivity (Wildman–Crippen MR) is 65.4 cm³/mol. The number of rotatable bonds is 8. The third kappa shape index (κ3) is 5.64. The summed E-state index contributed by atoms with van der Waals surface area (Å²) in [7, 11) is 0. The van der Waals surface area contributed by atoms with Crippen molar-refractivity contribution in [3.05, 3.63) is 0 Å². The van der Waals surface area contributed by atoms with Crippen molar-refractivity contribution >= 4 is 0 Å². The molecule has 14 heavy (non-hydrogen) atoms. The third-order valence-electron chi connectivity index (χ3n) is 3.54. The fourth-order valence-electron chi connectivity index (χ4n) is 2.08. The van der Waals surface area contributed by atoms with Gasteiger partial charge in [0.05, 0.1) is 0 Å². The Bertz CT molecular complexity index is 118. The fourth-order valence-corrected chi connectivity index (χ4v) is 2.08. The van der Waals surface area contributed by atoms with Crippen molar-refractivity contribution < 1.29 is 0 Å². The summed E-state index contributed by atoms with van der Waals surface area (Å²) in [5.74, 6) is 1.60. The average Bonchev–Trinajstić information content (AvgIpc) is 2.19. The quantitative estimate of drug-likeness (QED) is 0.629. The summed E-state index contributed by atoms with van der Waals surface area (Å²) in [6, 6.07) is 0.426. The van der Waals surface area contributed by atoms with Crippen LogP contribution in [0.4, 0.5) is 0 Å². The van der Waals surface area contributed by atoms with Crippen LogP contribution in [0.2, 0.25) is 0 Å². The molecule has 1 nitrogen and oxygen atoms in total. The van der Waals surface area contributed by atoms with E-state index < -0.39 is 0 Å². The van der Waals surface area contributed by atoms with Crippen molar-refractivity contribution in [2.75, 3.05) is 0 Å². The highest BCUT2D eigenvalue weighted by Gasteiger charge is 2.13. The lowest BCUT2D eigenvalue weighted by atomic mass is 9.89. The summed E-state index contributed by atoms with van der Waals surface area (Å²) in [5.41, 5.74) is 6.16. The van der Waals surface area contributed by atoms with E-state index in [1.807, 2.05) is 0 Å². The Hall–Kier alpha value is -0.0400. The van der Waals surface area contributed by atoms with E-state index in [0.29, 0.717) is 12.0 Å². The van der Waals surface area contributed by atoms with Crippen LogP contribution in [0.15, 0.2) is 0 Å². The van der Waals surface area contributed by atoms with Crippen LogP contribution in [0.25, 0.3) is 0 Å². The maximum atomic E-state index is 6.16. The van der Waals surface area contributed by atoms with Crippen LogP contribution in [-0.2, 0) is 0 Å². The fraction of sp³-hybridized carbons (Fsp3) is 1.00. The Morgan fingerprint density at radius 2 is 1.50 bits per heavy atom. The molecule has 0 aromatic carbocycles. The second kappa shape index (κ2) is 8.28. The molecule has 0 radical (unpaired) electrons. The standard InChI is InChI=1S/C13H29N/c1-5-8-11(4)13(14)10-9-12(6-2)7-3/h11-13H,5-10,14H2,1-4H3. The molecular weight excluding hydrogens is 170 g/mol. The molecule has 2 unspecified atom stereocenters. The third-order valence-corrected chi connectivity index (χ3v) is 3.54. The predicted octanol–water partition coefficient (Wildman–Crippen LogP) is 3.97. The normalized spacial score (nSPS) is 15.9. The number of hydrogen-bond donors (Lipinski definition) is 1. The van der Waals surface area contributed by atoms with Crippen molar-refractivity contribution in [3.8, 4) is 0 Å². The summed E-state index contributed by atoms with van der Waals surface area (Å²) in [6.45, 7) is 9.11. The van der Waals surface area contributed by atoms with E-state index in [0.717, 1.165) is 5.92 Å². The first-order valence-corrected chi connectivity index (χ1v) is 6.41. The molecule has 0 aromatic rings. The van der Waals surface area contributed by atoms with Gasteiger partial charge in [0.1, 0.15) is 0 Å². The zero-order valence-corrected chi connectivity index (χ0v) is 10.6. The second-order valence-corrected chi connectivity index (χ2v) is 4.69. The molecule has 0 spiro atoms. The van der Waals surface area contributed by atoms with Gasteiger partial charge >= 0.3 is 0 Å². The Labute approximate surface area is 90.5 Å². The molecule has 0 rings (SSSR count). The highest BCUT2D eigenvalue weighted by Crippen LogP contribution is 2.19. The summed E-state index contributed by atoms with van der Waals surface area (Å²) in [4.78, 5) is 0. The van der Waals surface area contributed by atoms with Gasteiger partial charge in [-0.1, -0.05) is 47.0 Å². The molecule has 0 heterocycles. The highest BCUT2D eigenvalue weighted by molar-refractivity contribution is 4.70. The molecule has 0 aromatic heterocycles. The molecule has 2 N–H and O–H groups in total. The van der Waals surface area contributed by atoms with Crippen molar-refractivity contribution in [1.29, 1.82) is 0 Å². The lowest BCUT2D eigenvalue weighted by molar-refractivity contribution is 0.351. The minimum atomic E-state index is 0.426. The minimum absolute atomic E-state index is 0.426. The van der Waals surface area contributed by atoms with Gasteiger partial charge in [-0.05, 0) is 31.1 Å². The first-order valence-electron chi connectivity index (χ1n) is 6.41. The van der Waals surface area contributed by atoms with Crippen LogP contribution < -0.4 is 5.73 Å². The lowest BCUT2D eigenvalue weighted by Gasteiger charge is -2.21. The van der Waals surface area contributed by atoms with Crippen molar-refractivity contribution in [2.45, 2.75) is 72.3 Å². The van der Waals surface area contributed by atoms with Gasteiger partial charge in [-0.2, -0.15) is 0 Å². The molecule has 86 valence electrons. The Morgan fingerprint density at radius 3 is 1.93 bits per heavy atom. The summed E-state index contributed by atoms with van der Waals surface area (Å²) < 4.78 is 0. The maximum Gasteiger partial charge on any atom is 0.00646 e. The molecule has 0 saturated heterocycles. The van der Waals surface area contributed by atoms with Crippen LogP contribution in [0.3, 0.4) is 0 Å². The van der Waals surface area contributed by atoms with Crippen LogP contribution in [-0.4, -0.2) is 6.04 Å². The Kier molecular flexibility index (Phi) is 8.26. The molecule has 0 fully saturated rings. The molecule has 0 aliphatic rings. The van der Waals surface area contributed by atoms with Crippen molar-refractivity contribution in [3.63, 3.8) is 0 Å². The molecule has 0 aliphatic heterocycles. The molecule has 1 heteroatoms. The molecule has 2 atom stereocenters. The summed E-state index contributed by atoms with van der Waals surface area (Å²) >= 11 is 0. The van der Waals surface area contributed by atoms with Gasteiger partial charge in [0.15, 0.2) is 0 Å². The van der Waals surface area contributed by atoms with Gasteiger partial charge in [-0.3, -0.25) is 0 Å². The average molecular weight is 199 g/mol. The van der Waals surface area contributed by atoms with E-state index in [-0.39, 0.29) is 0 Å². The topological polar surface area (TPSA) is 26.0 Å². The largest absolute Gasteiger partial charge is 0.327 e. The van der Waals surface area contributed by atoms with Crippen LogP contribution in [0.1, 0.15) is 66.2 Å². The van der Waals surface area contributed by atoms with Gasteiger partial charge in [-0.15, -0.1) is 0 Å². The zero-order chi connectivity index (χ0) is 11.0. The van der Waals surface area contributed by atoms with Crippen molar-refractivity contribution in [1.82, 2.24) is 0 Å². The molecular formula is C13H29N. The van der Waals surface area contributed by atoms with Gasteiger partial charge in [0.2, 0.25) is 0 Å². The van der Waals surface area contributed by atoms with E-state index >= 15 is 0 Å². The second-order valence-electron chi connectivity index (χ2n) is 4.69. The Balaban J connectivity index is 3.65. The smallest absolute Gasteiger partial charge is 0.00646 e. The molecule has 0 amide bonds. The highest BCUT2D eigenvalue weighted by atomic mass is 14.6. The first kappa shape index (κ1) is 14.0. The lowest BCUT2D eigenvalue weighted by Crippen LogP contribution is -2.28. The van der Waals surface area contributed by atoms with Crippen LogP contribution in [0.5, 0.6) is 0 Å². The SMILES string of the molecule is CCCC(C)C(N)CCC(CC)CC. The van der Waals surface area contributed by atoms with E-state index in [1.54, 1.807) is 0 Å².